The lowest BCUT2D eigenvalue weighted by atomic mass is 9.98. The Kier molecular flexibility index (Phi) is 4.85. The minimum atomic E-state index is -0.285. The Balaban J connectivity index is 1.61. The van der Waals surface area contributed by atoms with Crippen molar-refractivity contribution in [3.05, 3.63) is 17.8 Å². The Bertz CT molecular complexity index is 493. The number of aromatic nitrogens is 2. The number of hydrogen-bond acceptors (Lipinski definition) is 4. The Labute approximate surface area is 130 Å². The average Bonchev–Trinajstić information content (AvgIpc) is 2.62. The van der Waals surface area contributed by atoms with Crippen LogP contribution in [0.5, 0.6) is 0 Å². The van der Waals surface area contributed by atoms with Gasteiger partial charge in [0.25, 0.3) is 5.91 Å². The molecule has 1 aromatic rings. The zero-order valence-electron chi connectivity index (χ0n) is 12.9. The van der Waals surface area contributed by atoms with E-state index < -0.39 is 0 Å². The third-order valence-electron chi connectivity index (χ3n) is 4.67. The summed E-state index contributed by atoms with van der Waals surface area (Å²) in [7, 11) is 0. The molecule has 3 heterocycles. The molecule has 0 bridgehead atoms. The van der Waals surface area contributed by atoms with Crippen LogP contribution in [0, 0.1) is 5.92 Å². The van der Waals surface area contributed by atoms with E-state index >= 15 is 0 Å². The van der Waals surface area contributed by atoms with Gasteiger partial charge in [-0.15, -0.1) is 10.2 Å². The fourth-order valence-electron chi connectivity index (χ4n) is 3.18. The molecule has 6 heteroatoms. The molecular formula is C16H23FN4O. The summed E-state index contributed by atoms with van der Waals surface area (Å²) in [6.45, 7) is 2.97. The normalized spacial score (nSPS) is 20.2. The van der Waals surface area contributed by atoms with Crippen molar-refractivity contribution in [1.29, 1.82) is 0 Å². The molecule has 2 saturated heterocycles. The van der Waals surface area contributed by atoms with Crippen molar-refractivity contribution < 1.29 is 9.18 Å². The first-order valence-electron chi connectivity index (χ1n) is 8.22. The fourth-order valence-corrected chi connectivity index (χ4v) is 3.18. The Hall–Kier alpha value is -1.72. The van der Waals surface area contributed by atoms with Crippen molar-refractivity contribution in [3.63, 3.8) is 0 Å². The van der Waals surface area contributed by atoms with Crippen molar-refractivity contribution >= 4 is 11.7 Å². The Morgan fingerprint density at radius 2 is 1.82 bits per heavy atom. The van der Waals surface area contributed by atoms with E-state index in [-0.39, 0.29) is 18.5 Å². The molecule has 120 valence electrons. The van der Waals surface area contributed by atoms with E-state index in [4.69, 9.17) is 0 Å². The van der Waals surface area contributed by atoms with Crippen molar-refractivity contribution in [3.8, 4) is 0 Å². The second kappa shape index (κ2) is 7.03. The second-order valence-electron chi connectivity index (χ2n) is 6.21. The molecule has 0 aromatic carbocycles. The molecule has 0 saturated carbocycles. The Morgan fingerprint density at radius 3 is 2.41 bits per heavy atom. The maximum absolute atomic E-state index is 12.6. The predicted octanol–water partition coefficient (Wildman–Crippen LogP) is 2.29. The van der Waals surface area contributed by atoms with Gasteiger partial charge in [-0.05, 0) is 50.2 Å². The van der Waals surface area contributed by atoms with Crippen molar-refractivity contribution in [2.45, 2.75) is 32.1 Å². The smallest absolute Gasteiger partial charge is 0.274 e. The molecule has 1 aromatic heterocycles. The molecule has 0 spiro atoms. The zero-order chi connectivity index (χ0) is 15.4. The minimum Gasteiger partial charge on any atom is -0.355 e. The summed E-state index contributed by atoms with van der Waals surface area (Å²) in [5.41, 5.74) is 0.388. The highest BCUT2D eigenvalue weighted by Gasteiger charge is 2.24. The number of hydrogen-bond donors (Lipinski definition) is 0. The number of carbonyl (C=O) groups excluding carboxylic acids is 1. The van der Waals surface area contributed by atoms with Crippen molar-refractivity contribution in [1.82, 2.24) is 15.1 Å². The van der Waals surface area contributed by atoms with Gasteiger partial charge in [0.1, 0.15) is 0 Å². The molecule has 3 rings (SSSR count). The number of anilines is 1. The van der Waals surface area contributed by atoms with Gasteiger partial charge in [-0.1, -0.05) is 0 Å². The molecule has 2 aliphatic heterocycles. The van der Waals surface area contributed by atoms with Gasteiger partial charge in [0, 0.05) is 26.2 Å². The first-order chi connectivity index (χ1) is 10.8. The van der Waals surface area contributed by atoms with E-state index in [9.17, 15) is 9.18 Å². The molecule has 2 aliphatic rings. The molecule has 0 N–H and O–H groups in total. The minimum absolute atomic E-state index is 0.0880. The lowest BCUT2D eigenvalue weighted by Crippen LogP contribution is -2.39. The number of rotatable bonds is 3. The predicted molar refractivity (Wildman–Crippen MR) is 82.7 cm³/mol. The topological polar surface area (TPSA) is 49.3 Å². The summed E-state index contributed by atoms with van der Waals surface area (Å²) in [6.07, 6.45) is 5.12. The lowest BCUT2D eigenvalue weighted by molar-refractivity contribution is 0.0670. The Morgan fingerprint density at radius 1 is 1.09 bits per heavy atom. The second-order valence-corrected chi connectivity index (χ2v) is 6.21. The summed E-state index contributed by atoms with van der Waals surface area (Å²) in [4.78, 5) is 16.4. The average molecular weight is 306 g/mol. The van der Waals surface area contributed by atoms with Crippen LogP contribution in [0.2, 0.25) is 0 Å². The number of likely N-dealkylation sites (tertiary alicyclic amines) is 1. The SMILES string of the molecule is O=C(c1ccc(N2CCCCC2)nn1)N1CCC(CF)CC1. The summed E-state index contributed by atoms with van der Waals surface area (Å²) in [5, 5.41) is 8.33. The number of amides is 1. The number of halogens is 1. The van der Waals surface area contributed by atoms with Gasteiger partial charge < -0.3 is 9.80 Å². The lowest BCUT2D eigenvalue weighted by Gasteiger charge is -2.30. The van der Waals surface area contributed by atoms with Crippen molar-refractivity contribution in [2.24, 2.45) is 5.92 Å². The summed E-state index contributed by atoms with van der Waals surface area (Å²) in [5.74, 6) is 0.874. The molecule has 2 fully saturated rings. The van der Waals surface area contributed by atoms with Crippen LogP contribution >= 0.6 is 0 Å². The van der Waals surface area contributed by atoms with Gasteiger partial charge in [-0.25, -0.2) is 0 Å². The van der Waals surface area contributed by atoms with E-state index in [0.717, 1.165) is 31.7 Å². The van der Waals surface area contributed by atoms with Crippen LogP contribution in [-0.2, 0) is 0 Å². The van der Waals surface area contributed by atoms with Gasteiger partial charge in [0.05, 0.1) is 6.67 Å². The largest absolute Gasteiger partial charge is 0.355 e. The van der Waals surface area contributed by atoms with Crippen LogP contribution in [0.25, 0.3) is 0 Å². The first kappa shape index (κ1) is 15.2. The van der Waals surface area contributed by atoms with Crippen LogP contribution in [0.1, 0.15) is 42.6 Å². The standard InChI is InChI=1S/C16H23FN4O/c17-12-13-6-10-21(11-7-13)16(22)14-4-5-15(19-18-14)20-8-2-1-3-9-20/h4-5,13H,1-3,6-12H2. The van der Waals surface area contributed by atoms with E-state index in [2.05, 4.69) is 15.1 Å². The summed E-state index contributed by atoms with van der Waals surface area (Å²) >= 11 is 0. The van der Waals surface area contributed by atoms with Gasteiger partial charge in [0.15, 0.2) is 11.5 Å². The van der Waals surface area contributed by atoms with Crippen LogP contribution in [0.4, 0.5) is 10.2 Å². The van der Waals surface area contributed by atoms with E-state index in [0.29, 0.717) is 18.8 Å². The molecule has 0 radical (unpaired) electrons. The molecule has 5 nitrogen and oxygen atoms in total. The van der Waals surface area contributed by atoms with E-state index in [1.165, 1.54) is 19.3 Å². The first-order valence-corrected chi connectivity index (χ1v) is 8.22. The van der Waals surface area contributed by atoms with Gasteiger partial charge in [0.2, 0.25) is 0 Å². The maximum atomic E-state index is 12.6. The van der Waals surface area contributed by atoms with Gasteiger partial charge >= 0.3 is 0 Å². The van der Waals surface area contributed by atoms with E-state index in [1.807, 2.05) is 6.07 Å². The molecular weight excluding hydrogens is 283 g/mol. The van der Waals surface area contributed by atoms with Gasteiger partial charge in [-0.2, -0.15) is 0 Å². The third-order valence-corrected chi connectivity index (χ3v) is 4.67. The number of carbonyl (C=O) groups is 1. The quantitative estimate of drug-likeness (QED) is 0.860. The highest BCUT2D eigenvalue weighted by Crippen LogP contribution is 2.20. The highest BCUT2D eigenvalue weighted by atomic mass is 19.1. The molecule has 1 amide bonds. The number of nitrogens with zero attached hydrogens (tertiary/aromatic N) is 4. The van der Waals surface area contributed by atoms with Crippen LogP contribution in [-0.4, -0.2) is 53.9 Å². The van der Waals surface area contributed by atoms with Crippen LogP contribution in [0.3, 0.4) is 0 Å². The van der Waals surface area contributed by atoms with Crippen LogP contribution in [0.15, 0.2) is 12.1 Å². The molecule has 22 heavy (non-hydrogen) atoms. The zero-order valence-corrected chi connectivity index (χ0v) is 12.9. The third kappa shape index (κ3) is 3.36. The summed E-state index contributed by atoms with van der Waals surface area (Å²) in [6, 6.07) is 3.65. The van der Waals surface area contributed by atoms with Crippen molar-refractivity contribution in [2.75, 3.05) is 37.8 Å². The van der Waals surface area contributed by atoms with Gasteiger partial charge in [-0.3, -0.25) is 9.18 Å². The van der Waals surface area contributed by atoms with Crippen LogP contribution < -0.4 is 4.90 Å². The maximum Gasteiger partial charge on any atom is 0.274 e. The molecule has 0 atom stereocenters. The fraction of sp³-hybridized carbons (Fsp3) is 0.688. The molecule has 0 unspecified atom stereocenters. The monoisotopic (exact) mass is 306 g/mol. The van der Waals surface area contributed by atoms with E-state index in [1.54, 1.807) is 11.0 Å². The highest BCUT2D eigenvalue weighted by molar-refractivity contribution is 5.92. The molecule has 0 aliphatic carbocycles. The number of alkyl halides is 1. The summed E-state index contributed by atoms with van der Waals surface area (Å²) < 4.78 is 12.6. The number of piperidine rings is 2.